The van der Waals surface area contributed by atoms with Gasteiger partial charge in [-0.15, -0.1) is 0 Å². The van der Waals surface area contributed by atoms with Gasteiger partial charge in [0, 0.05) is 45.9 Å². The molecule has 36 heavy (non-hydrogen) atoms. The average molecular weight is 526 g/mol. The lowest BCUT2D eigenvalue weighted by molar-refractivity contribution is 0.0709. The minimum atomic E-state index is 0.0901. The van der Waals surface area contributed by atoms with Gasteiger partial charge in [-0.1, -0.05) is 41.4 Å². The smallest absolute Gasteiger partial charge is 0.258 e. The third-order valence-corrected chi connectivity index (χ3v) is 7.62. The van der Waals surface area contributed by atoms with Crippen LogP contribution in [0.15, 0.2) is 48.7 Å². The van der Waals surface area contributed by atoms with Crippen molar-refractivity contribution in [3.8, 4) is 17.1 Å². The Morgan fingerprint density at radius 2 is 1.75 bits per heavy atom. The number of aromatic nitrogens is 2. The molecule has 0 radical (unpaired) electrons. The third-order valence-electron chi connectivity index (χ3n) is 6.92. The number of nitrogen functional groups attached to an aromatic ring is 1. The predicted octanol–water partition coefficient (Wildman–Crippen LogP) is 5.31. The number of amides is 1. The first kappa shape index (κ1) is 24.8. The van der Waals surface area contributed by atoms with E-state index in [9.17, 15) is 4.79 Å². The summed E-state index contributed by atoms with van der Waals surface area (Å²) in [6.45, 7) is 4.20. The van der Waals surface area contributed by atoms with E-state index in [1.807, 2.05) is 29.2 Å². The molecular weight excluding hydrogens is 497 g/mol. The number of hydrogen-bond acceptors (Lipinski definition) is 6. The summed E-state index contributed by atoms with van der Waals surface area (Å²) in [6.07, 6.45) is 6.25. The van der Waals surface area contributed by atoms with E-state index in [2.05, 4.69) is 14.9 Å². The van der Waals surface area contributed by atoms with Crippen molar-refractivity contribution in [3.05, 3.63) is 69.8 Å². The lowest BCUT2D eigenvalue weighted by Crippen LogP contribution is -2.42. The number of likely N-dealkylation sites (tertiary alicyclic amines) is 2. The van der Waals surface area contributed by atoms with Crippen molar-refractivity contribution in [2.24, 2.45) is 0 Å². The number of hydrogen-bond donors (Lipinski definition) is 1. The summed E-state index contributed by atoms with van der Waals surface area (Å²) < 4.78 is 5.81. The van der Waals surface area contributed by atoms with Gasteiger partial charge in [-0.05, 0) is 63.0 Å². The highest BCUT2D eigenvalue weighted by molar-refractivity contribution is 6.35. The Kier molecular flexibility index (Phi) is 7.60. The van der Waals surface area contributed by atoms with Gasteiger partial charge in [-0.2, -0.15) is 0 Å². The molecule has 0 aliphatic carbocycles. The van der Waals surface area contributed by atoms with Crippen molar-refractivity contribution in [2.45, 2.75) is 38.3 Å². The normalized spacial score (nSPS) is 18.1. The van der Waals surface area contributed by atoms with Gasteiger partial charge in [-0.25, -0.2) is 9.97 Å². The van der Waals surface area contributed by atoms with Gasteiger partial charge in [0.25, 0.3) is 11.8 Å². The Balaban J connectivity index is 1.28. The maximum absolute atomic E-state index is 13.3. The molecule has 5 rings (SSSR count). The Bertz CT molecular complexity index is 1210. The van der Waals surface area contributed by atoms with Crippen LogP contribution in [0.25, 0.3) is 11.3 Å². The molecule has 7 nitrogen and oxygen atoms in total. The van der Waals surface area contributed by atoms with E-state index >= 15 is 0 Å². The molecule has 2 fully saturated rings. The van der Waals surface area contributed by atoms with Crippen LogP contribution in [0.2, 0.25) is 10.0 Å². The molecular formula is C27H29Cl2N5O2. The number of anilines is 1. The van der Waals surface area contributed by atoms with Gasteiger partial charge in [0.05, 0.1) is 11.9 Å². The lowest BCUT2D eigenvalue weighted by Gasteiger charge is -2.28. The Labute approximate surface area is 221 Å². The summed E-state index contributed by atoms with van der Waals surface area (Å²) in [6, 6.07) is 13.0. The summed E-state index contributed by atoms with van der Waals surface area (Å²) in [4.78, 5) is 26.6. The standard InChI is InChI=1S/C27H29Cl2N5O2/c28-22-6-3-7-23(29)21(22)17-36-26-25(30)31-15-24(32-26)18-8-10-19(11-9-18)27(35)34-14-4-5-20(34)16-33-12-1-2-13-33/h3,6-11,15,20H,1-2,4-5,12-14,16-17H2,(H2,30,31). The summed E-state index contributed by atoms with van der Waals surface area (Å²) in [5.74, 6) is 0.463. The van der Waals surface area contributed by atoms with Crippen LogP contribution in [0, 0.1) is 0 Å². The van der Waals surface area contributed by atoms with Crippen LogP contribution in [0.4, 0.5) is 5.82 Å². The number of halogens is 2. The van der Waals surface area contributed by atoms with Crippen molar-refractivity contribution in [1.82, 2.24) is 19.8 Å². The largest absolute Gasteiger partial charge is 0.470 e. The minimum absolute atomic E-state index is 0.0901. The predicted molar refractivity (Wildman–Crippen MR) is 142 cm³/mol. The first-order chi connectivity index (χ1) is 17.5. The van der Waals surface area contributed by atoms with Gasteiger partial charge in [-0.3, -0.25) is 4.79 Å². The van der Waals surface area contributed by atoms with E-state index < -0.39 is 0 Å². The van der Waals surface area contributed by atoms with Gasteiger partial charge in [0.1, 0.15) is 6.61 Å². The number of carbonyl (C=O) groups is 1. The molecule has 188 valence electrons. The van der Waals surface area contributed by atoms with E-state index in [0.717, 1.165) is 44.6 Å². The molecule has 3 heterocycles. The summed E-state index contributed by atoms with van der Waals surface area (Å²) >= 11 is 12.5. The van der Waals surface area contributed by atoms with E-state index in [-0.39, 0.29) is 24.2 Å². The molecule has 1 unspecified atom stereocenters. The topological polar surface area (TPSA) is 84.6 Å². The van der Waals surface area contributed by atoms with E-state index in [1.54, 1.807) is 24.4 Å². The van der Waals surface area contributed by atoms with Crippen LogP contribution in [0.5, 0.6) is 5.88 Å². The molecule has 0 saturated carbocycles. The van der Waals surface area contributed by atoms with Crippen molar-refractivity contribution >= 4 is 34.9 Å². The molecule has 0 spiro atoms. The number of ether oxygens (including phenoxy) is 1. The van der Waals surface area contributed by atoms with Gasteiger partial charge < -0.3 is 20.3 Å². The van der Waals surface area contributed by atoms with Crippen LogP contribution >= 0.6 is 23.2 Å². The van der Waals surface area contributed by atoms with Crippen LogP contribution in [-0.4, -0.2) is 57.9 Å². The number of carbonyl (C=O) groups excluding carboxylic acids is 1. The second kappa shape index (κ2) is 11.0. The SMILES string of the molecule is Nc1ncc(-c2ccc(C(=O)N3CCCC3CN3CCCC3)cc2)nc1OCc1c(Cl)cccc1Cl. The summed E-state index contributed by atoms with van der Waals surface area (Å²) in [5, 5.41) is 1.01. The molecule has 1 aromatic heterocycles. The van der Waals surface area contributed by atoms with Crippen LogP contribution < -0.4 is 10.5 Å². The van der Waals surface area contributed by atoms with Crippen molar-refractivity contribution < 1.29 is 9.53 Å². The zero-order valence-electron chi connectivity index (χ0n) is 20.0. The fourth-order valence-corrected chi connectivity index (χ4v) is 5.45. The summed E-state index contributed by atoms with van der Waals surface area (Å²) in [5.41, 5.74) is 8.74. The second-order valence-electron chi connectivity index (χ2n) is 9.31. The van der Waals surface area contributed by atoms with Gasteiger partial charge in [0.15, 0.2) is 5.82 Å². The van der Waals surface area contributed by atoms with Crippen LogP contribution in [0.1, 0.15) is 41.6 Å². The molecule has 1 amide bonds. The molecule has 9 heteroatoms. The second-order valence-corrected chi connectivity index (χ2v) is 10.1. The number of rotatable bonds is 7. The molecule has 1 atom stereocenters. The average Bonchev–Trinajstić information content (AvgIpc) is 3.57. The molecule has 0 bridgehead atoms. The van der Waals surface area contributed by atoms with Gasteiger partial charge in [0.2, 0.25) is 0 Å². The zero-order chi connectivity index (χ0) is 25.1. The zero-order valence-corrected chi connectivity index (χ0v) is 21.5. The highest BCUT2D eigenvalue weighted by Crippen LogP contribution is 2.29. The third kappa shape index (κ3) is 5.43. The maximum atomic E-state index is 13.3. The first-order valence-electron chi connectivity index (χ1n) is 12.3. The summed E-state index contributed by atoms with van der Waals surface area (Å²) in [7, 11) is 0. The molecule has 3 aromatic rings. The molecule has 2 aliphatic rings. The Morgan fingerprint density at radius 1 is 1.03 bits per heavy atom. The molecule has 2 N–H and O–H groups in total. The quantitative estimate of drug-likeness (QED) is 0.449. The first-order valence-corrected chi connectivity index (χ1v) is 13.1. The van der Waals surface area contributed by atoms with Gasteiger partial charge >= 0.3 is 0 Å². The fraction of sp³-hybridized carbons (Fsp3) is 0.370. The minimum Gasteiger partial charge on any atom is -0.470 e. The number of nitrogens with two attached hydrogens (primary N) is 1. The number of nitrogens with zero attached hydrogens (tertiary/aromatic N) is 4. The van der Waals surface area contributed by atoms with E-state index in [1.165, 1.54) is 12.8 Å². The molecule has 2 aliphatic heterocycles. The van der Waals surface area contributed by atoms with E-state index in [4.69, 9.17) is 33.7 Å². The van der Waals surface area contributed by atoms with Crippen LogP contribution in [0.3, 0.4) is 0 Å². The highest BCUT2D eigenvalue weighted by atomic mass is 35.5. The number of benzene rings is 2. The maximum Gasteiger partial charge on any atom is 0.258 e. The monoisotopic (exact) mass is 525 g/mol. The van der Waals surface area contributed by atoms with Crippen molar-refractivity contribution in [1.29, 1.82) is 0 Å². The Morgan fingerprint density at radius 3 is 2.47 bits per heavy atom. The van der Waals surface area contributed by atoms with Crippen LogP contribution in [-0.2, 0) is 6.61 Å². The molecule has 2 aromatic carbocycles. The Hall–Kier alpha value is -2.87. The highest BCUT2D eigenvalue weighted by Gasteiger charge is 2.31. The fourth-order valence-electron chi connectivity index (χ4n) is 4.94. The van der Waals surface area contributed by atoms with E-state index in [0.29, 0.717) is 32.9 Å². The lowest BCUT2D eigenvalue weighted by atomic mass is 10.1. The van der Waals surface area contributed by atoms with Crippen molar-refractivity contribution in [3.63, 3.8) is 0 Å². The van der Waals surface area contributed by atoms with Crippen molar-refractivity contribution in [2.75, 3.05) is 31.9 Å². The molecule has 2 saturated heterocycles.